The molecule has 0 unspecified atom stereocenters. The van der Waals surface area contributed by atoms with Gasteiger partial charge < -0.3 is 57.7 Å². The van der Waals surface area contributed by atoms with E-state index in [2.05, 4.69) is 31.6 Å². The molecule has 6 rings (SSSR count). The number of aromatic amines is 1. The highest BCUT2D eigenvalue weighted by Crippen LogP contribution is 2.20. The Balaban J connectivity index is 1.25. The Morgan fingerprint density at radius 3 is 1.34 bits per heavy atom. The average Bonchev–Trinajstić information content (AvgIpc) is 3.74. The summed E-state index contributed by atoms with van der Waals surface area (Å²) in [6.07, 6.45) is 1.37. The molecule has 6 atom stereocenters. The number of amides is 5. The Morgan fingerprint density at radius 1 is 0.463 bits per heavy atom. The summed E-state index contributed by atoms with van der Waals surface area (Å²) in [5.41, 5.74) is 9.96. The van der Waals surface area contributed by atoms with E-state index in [4.69, 9.17) is 5.73 Å². The summed E-state index contributed by atoms with van der Waals surface area (Å²) in [5.74, 6) is -5.41. The van der Waals surface area contributed by atoms with E-state index < -0.39 is 78.4 Å². The van der Waals surface area contributed by atoms with E-state index in [9.17, 15) is 49.2 Å². The van der Waals surface area contributed by atoms with Crippen LogP contribution in [0.25, 0.3) is 10.9 Å². The Hall–Kier alpha value is -8.02. The van der Waals surface area contributed by atoms with Crippen molar-refractivity contribution in [2.45, 2.75) is 68.4 Å². The Bertz CT molecular complexity index is 2630. The normalized spacial score (nSPS) is 13.8. The maximum Gasteiger partial charge on any atom is 0.326 e. The highest BCUT2D eigenvalue weighted by molar-refractivity contribution is 5.97. The van der Waals surface area contributed by atoms with Gasteiger partial charge in [0, 0.05) is 42.8 Å². The van der Waals surface area contributed by atoms with Crippen LogP contribution in [-0.2, 0) is 60.9 Å². The fourth-order valence-corrected chi connectivity index (χ4v) is 7.46. The zero-order valence-corrected chi connectivity index (χ0v) is 36.3. The lowest BCUT2D eigenvalue weighted by atomic mass is 10.00. The molecule has 6 aromatic rings. The second kappa shape index (κ2) is 23.3. The molecule has 0 fully saturated rings. The highest BCUT2D eigenvalue weighted by atomic mass is 16.4. The molecule has 0 aliphatic rings. The van der Waals surface area contributed by atoms with Gasteiger partial charge in [0.15, 0.2) is 0 Å². The van der Waals surface area contributed by atoms with Crippen LogP contribution in [0.15, 0.2) is 140 Å². The molecular formula is C50H53N7O10. The van der Waals surface area contributed by atoms with E-state index in [1.807, 2.05) is 18.2 Å². The molecule has 0 saturated heterocycles. The minimum atomic E-state index is -1.54. The quantitative estimate of drug-likeness (QED) is 0.0468. The van der Waals surface area contributed by atoms with Crippen LogP contribution in [0.5, 0.6) is 11.5 Å². The maximum absolute atomic E-state index is 14.6. The van der Waals surface area contributed by atoms with Crippen molar-refractivity contribution in [1.29, 1.82) is 0 Å². The molecule has 12 N–H and O–H groups in total. The Labute approximate surface area is 385 Å². The molecule has 0 aliphatic heterocycles. The molecular weight excluding hydrogens is 859 g/mol. The van der Waals surface area contributed by atoms with Gasteiger partial charge in [0.1, 0.15) is 41.7 Å². The van der Waals surface area contributed by atoms with Crippen molar-refractivity contribution < 1.29 is 49.2 Å². The van der Waals surface area contributed by atoms with Crippen molar-refractivity contribution in [2.24, 2.45) is 5.73 Å². The molecule has 17 heteroatoms. The minimum Gasteiger partial charge on any atom is -0.508 e. The van der Waals surface area contributed by atoms with E-state index >= 15 is 0 Å². The van der Waals surface area contributed by atoms with Gasteiger partial charge in [-0.15, -0.1) is 0 Å². The molecule has 5 aromatic carbocycles. The first-order valence-electron chi connectivity index (χ1n) is 21.6. The van der Waals surface area contributed by atoms with Crippen LogP contribution in [0.3, 0.4) is 0 Å². The molecule has 0 radical (unpaired) electrons. The standard InChI is InChI=1S/C50H53N7O10/c51-38(23-32-15-19-35(59)20-16-32)45(61)57-44(29-58)49(65)55-42(27-34-28-52-39-14-8-7-13-37(34)39)48(64)54-40(24-30-9-3-1-4-10-30)46(62)53-41(25-31-11-5-2-6-12-31)47(63)56-43(50(66)67)26-33-17-21-36(60)22-18-33/h1-22,28,38,40-44,52,58-60H,23-27,29,51H2,(H,53,62)(H,54,64)(H,55,65)(H,56,63)(H,57,61)(H,66,67)/t38-,40-,41-,42-,43-,44-/m0/s1. The number of rotatable bonds is 22. The average molecular weight is 912 g/mol. The number of H-pyrrole nitrogens is 1. The number of aliphatic hydroxyl groups is 1. The first kappa shape index (κ1) is 48.4. The highest BCUT2D eigenvalue weighted by Gasteiger charge is 2.34. The predicted octanol–water partition coefficient (Wildman–Crippen LogP) is 1.92. The molecule has 0 bridgehead atoms. The van der Waals surface area contributed by atoms with Gasteiger partial charge in [-0.2, -0.15) is 0 Å². The number of nitrogens with two attached hydrogens (primary N) is 1. The zero-order chi connectivity index (χ0) is 47.9. The van der Waals surface area contributed by atoms with E-state index in [-0.39, 0.29) is 43.6 Å². The van der Waals surface area contributed by atoms with Gasteiger partial charge in [-0.25, -0.2) is 4.79 Å². The number of benzene rings is 5. The van der Waals surface area contributed by atoms with E-state index in [1.165, 1.54) is 36.4 Å². The van der Waals surface area contributed by atoms with Crippen molar-refractivity contribution in [1.82, 2.24) is 31.6 Å². The molecule has 1 heterocycles. The number of fused-ring (bicyclic) bond motifs is 1. The number of carbonyl (C=O) groups excluding carboxylic acids is 5. The summed E-state index contributed by atoms with van der Waals surface area (Å²) in [4.78, 5) is 85.7. The molecule has 1 aromatic heterocycles. The van der Waals surface area contributed by atoms with Crippen molar-refractivity contribution in [3.8, 4) is 11.5 Å². The number of nitrogens with one attached hydrogen (secondary N) is 6. The molecule has 348 valence electrons. The van der Waals surface area contributed by atoms with Gasteiger partial charge in [0.2, 0.25) is 29.5 Å². The molecule has 5 amide bonds. The topological polar surface area (TPSA) is 285 Å². The number of para-hydroxylation sites is 1. The molecule has 0 aliphatic carbocycles. The number of phenolic OH excluding ortho intramolecular Hbond substituents is 2. The molecule has 0 saturated carbocycles. The third-order valence-electron chi connectivity index (χ3n) is 11.1. The van der Waals surface area contributed by atoms with E-state index in [0.717, 1.165) is 10.9 Å². The van der Waals surface area contributed by atoms with Gasteiger partial charge >= 0.3 is 5.97 Å². The van der Waals surface area contributed by atoms with Gasteiger partial charge in [-0.05, 0) is 64.6 Å². The number of aliphatic hydroxyl groups excluding tert-OH is 1. The summed E-state index contributed by atoms with van der Waals surface area (Å²) in [6, 6.07) is 28.5. The first-order chi connectivity index (χ1) is 32.3. The number of aromatic hydroxyl groups is 2. The fraction of sp³-hybridized carbons (Fsp3) is 0.240. The van der Waals surface area contributed by atoms with Crippen LogP contribution in [0.2, 0.25) is 0 Å². The number of hydrogen-bond donors (Lipinski definition) is 11. The Morgan fingerprint density at radius 2 is 0.851 bits per heavy atom. The lowest BCUT2D eigenvalue weighted by Crippen LogP contribution is -2.60. The third kappa shape index (κ3) is 14.0. The summed E-state index contributed by atoms with van der Waals surface area (Å²) in [7, 11) is 0. The van der Waals surface area contributed by atoms with Crippen LogP contribution in [0.1, 0.15) is 27.8 Å². The van der Waals surface area contributed by atoms with E-state index in [1.54, 1.807) is 85.1 Å². The van der Waals surface area contributed by atoms with Gasteiger partial charge in [-0.3, -0.25) is 24.0 Å². The van der Waals surface area contributed by atoms with Gasteiger partial charge in [0.25, 0.3) is 0 Å². The lowest BCUT2D eigenvalue weighted by molar-refractivity contribution is -0.142. The number of hydrogen-bond acceptors (Lipinski definition) is 10. The van der Waals surface area contributed by atoms with Crippen LogP contribution >= 0.6 is 0 Å². The molecule has 17 nitrogen and oxygen atoms in total. The minimum absolute atomic E-state index is 0.0172. The smallest absolute Gasteiger partial charge is 0.326 e. The number of carboxylic acid groups (broad SMARTS) is 1. The number of phenols is 2. The van der Waals surface area contributed by atoms with Gasteiger partial charge in [-0.1, -0.05) is 103 Å². The third-order valence-corrected chi connectivity index (χ3v) is 11.1. The van der Waals surface area contributed by atoms with Crippen LogP contribution in [0, 0.1) is 0 Å². The van der Waals surface area contributed by atoms with Crippen LogP contribution < -0.4 is 32.3 Å². The molecule has 67 heavy (non-hydrogen) atoms. The number of aromatic nitrogens is 1. The van der Waals surface area contributed by atoms with Crippen molar-refractivity contribution in [2.75, 3.05) is 6.61 Å². The SMILES string of the molecule is N[C@@H](Cc1ccc(O)cc1)C(=O)N[C@@H](CO)C(=O)N[C@@H](Cc1c[nH]c2ccccc12)C(=O)N[C@@H](Cc1ccccc1)C(=O)N[C@@H](Cc1ccccc1)C(=O)N[C@@H](Cc1ccc(O)cc1)C(=O)O. The second-order valence-corrected chi connectivity index (χ2v) is 16.1. The summed E-state index contributed by atoms with van der Waals surface area (Å²) >= 11 is 0. The number of aliphatic carboxylic acids is 1. The van der Waals surface area contributed by atoms with Crippen molar-refractivity contribution in [3.05, 3.63) is 167 Å². The van der Waals surface area contributed by atoms with E-state index in [0.29, 0.717) is 27.8 Å². The molecule has 0 spiro atoms. The van der Waals surface area contributed by atoms with Crippen LogP contribution in [-0.4, -0.2) is 104 Å². The van der Waals surface area contributed by atoms with Gasteiger partial charge in [0.05, 0.1) is 12.6 Å². The summed E-state index contributed by atoms with van der Waals surface area (Å²) < 4.78 is 0. The maximum atomic E-state index is 14.6. The van der Waals surface area contributed by atoms with Crippen LogP contribution in [0.4, 0.5) is 0 Å². The van der Waals surface area contributed by atoms with Crippen molar-refractivity contribution >= 4 is 46.4 Å². The zero-order valence-electron chi connectivity index (χ0n) is 36.3. The first-order valence-corrected chi connectivity index (χ1v) is 21.6. The predicted molar refractivity (Wildman–Crippen MR) is 248 cm³/mol. The summed E-state index contributed by atoms with van der Waals surface area (Å²) in [5, 5.41) is 53.7. The number of carboxylic acids is 1. The largest absolute Gasteiger partial charge is 0.508 e. The fourth-order valence-electron chi connectivity index (χ4n) is 7.46. The Kier molecular flexibility index (Phi) is 16.8. The second-order valence-electron chi connectivity index (χ2n) is 16.1. The lowest BCUT2D eigenvalue weighted by Gasteiger charge is -2.27. The number of carbonyl (C=O) groups is 6. The van der Waals surface area contributed by atoms with Crippen molar-refractivity contribution in [3.63, 3.8) is 0 Å². The summed E-state index contributed by atoms with van der Waals surface area (Å²) in [6.45, 7) is -0.855. The monoisotopic (exact) mass is 911 g/mol.